The summed E-state index contributed by atoms with van der Waals surface area (Å²) in [5, 5.41) is 0. The third kappa shape index (κ3) is 3.37. The second-order valence-corrected chi connectivity index (χ2v) is 7.58. The standard InChI is InChI=1S/C21H26N4O3/c1-16-17-7-3-4-8-18(17)20(27)25(16)15-19(26)22-11-13-24(14-12-22)21(28)23-9-5-2-6-10-23/h3-4,7-8H,1-2,5-6,9-15H2. The maximum atomic E-state index is 12.8. The highest BCUT2D eigenvalue weighted by Crippen LogP contribution is 2.31. The van der Waals surface area contributed by atoms with Gasteiger partial charge in [0.2, 0.25) is 5.91 Å². The van der Waals surface area contributed by atoms with Crippen molar-refractivity contribution in [1.82, 2.24) is 19.6 Å². The summed E-state index contributed by atoms with van der Waals surface area (Å²) in [6.07, 6.45) is 3.33. The molecule has 0 atom stereocenters. The van der Waals surface area contributed by atoms with Gasteiger partial charge in [-0.1, -0.05) is 24.8 Å². The predicted molar refractivity (Wildman–Crippen MR) is 105 cm³/mol. The van der Waals surface area contributed by atoms with Crippen molar-refractivity contribution in [1.29, 1.82) is 0 Å². The first kappa shape index (κ1) is 18.5. The van der Waals surface area contributed by atoms with E-state index in [1.165, 1.54) is 11.3 Å². The largest absolute Gasteiger partial charge is 0.338 e. The van der Waals surface area contributed by atoms with Crippen molar-refractivity contribution in [3.63, 3.8) is 0 Å². The van der Waals surface area contributed by atoms with Gasteiger partial charge in [0.25, 0.3) is 5.91 Å². The first-order chi connectivity index (χ1) is 13.6. The molecule has 0 spiro atoms. The van der Waals surface area contributed by atoms with Gasteiger partial charge < -0.3 is 14.7 Å². The molecule has 4 amide bonds. The Morgan fingerprint density at radius 3 is 2.04 bits per heavy atom. The maximum Gasteiger partial charge on any atom is 0.320 e. The van der Waals surface area contributed by atoms with E-state index in [9.17, 15) is 14.4 Å². The summed E-state index contributed by atoms with van der Waals surface area (Å²) in [6, 6.07) is 7.38. The Balaban J connectivity index is 1.32. The van der Waals surface area contributed by atoms with E-state index in [0.29, 0.717) is 37.4 Å². The number of piperazine rings is 1. The molecule has 0 unspecified atom stereocenters. The number of hydrogen-bond acceptors (Lipinski definition) is 3. The molecule has 0 saturated carbocycles. The number of rotatable bonds is 2. The van der Waals surface area contributed by atoms with Gasteiger partial charge in [0.1, 0.15) is 6.54 Å². The van der Waals surface area contributed by atoms with E-state index in [2.05, 4.69) is 6.58 Å². The highest BCUT2D eigenvalue weighted by atomic mass is 16.2. The minimum absolute atomic E-state index is 0.00752. The van der Waals surface area contributed by atoms with E-state index in [1.54, 1.807) is 11.0 Å². The van der Waals surface area contributed by atoms with Crippen LogP contribution in [0.4, 0.5) is 4.79 Å². The van der Waals surface area contributed by atoms with Crippen molar-refractivity contribution in [2.45, 2.75) is 19.3 Å². The number of urea groups is 1. The van der Waals surface area contributed by atoms with Gasteiger partial charge in [0.15, 0.2) is 0 Å². The Bertz CT molecular complexity index is 773. The molecule has 1 aromatic carbocycles. The molecule has 3 heterocycles. The van der Waals surface area contributed by atoms with Gasteiger partial charge >= 0.3 is 6.03 Å². The second kappa shape index (κ2) is 7.66. The van der Waals surface area contributed by atoms with Crippen LogP contribution >= 0.6 is 0 Å². The zero-order valence-electron chi connectivity index (χ0n) is 16.1. The van der Waals surface area contributed by atoms with Gasteiger partial charge in [-0.2, -0.15) is 0 Å². The minimum Gasteiger partial charge on any atom is -0.338 e. The lowest BCUT2D eigenvalue weighted by atomic mass is 10.1. The number of carbonyl (C=O) groups is 3. The van der Waals surface area contributed by atoms with Crippen molar-refractivity contribution in [2.75, 3.05) is 45.8 Å². The fourth-order valence-corrected chi connectivity index (χ4v) is 4.17. The van der Waals surface area contributed by atoms with Gasteiger partial charge in [0, 0.05) is 56.1 Å². The summed E-state index contributed by atoms with van der Waals surface area (Å²) in [6.45, 7) is 7.72. The smallest absolute Gasteiger partial charge is 0.320 e. The fraction of sp³-hybridized carbons (Fsp3) is 0.476. The molecule has 4 rings (SSSR count). The van der Waals surface area contributed by atoms with E-state index < -0.39 is 0 Å². The Morgan fingerprint density at radius 1 is 0.821 bits per heavy atom. The fourth-order valence-electron chi connectivity index (χ4n) is 4.17. The van der Waals surface area contributed by atoms with Gasteiger partial charge in [0.05, 0.1) is 0 Å². The van der Waals surface area contributed by atoms with E-state index in [-0.39, 0.29) is 24.4 Å². The van der Waals surface area contributed by atoms with Gasteiger partial charge in [-0.05, 0) is 25.3 Å². The van der Waals surface area contributed by atoms with Crippen LogP contribution in [0.2, 0.25) is 0 Å². The lowest BCUT2D eigenvalue weighted by molar-refractivity contribution is -0.132. The number of fused-ring (bicyclic) bond motifs is 1. The van der Waals surface area contributed by atoms with Crippen LogP contribution in [-0.4, -0.2) is 83.3 Å². The molecule has 0 radical (unpaired) electrons. The molecule has 3 aliphatic rings. The molecular formula is C21H26N4O3. The van der Waals surface area contributed by atoms with Crippen molar-refractivity contribution in [3.8, 4) is 0 Å². The third-order valence-corrected chi connectivity index (χ3v) is 5.86. The van der Waals surface area contributed by atoms with Gasteiger partial charge in [-0.25, -0.2) is 4.79 Å². The summed E-state index contributed by atoms with van der Waals surface area (Å²) in [5.41, 5.74) is 1.96. The van der Waals surface area contributed by atoms with E-state index in [1.807, 2.05) is 28.0 Å². The molecule has 7 heteroatoms. The zero-order valence-corrected chi connectivity index (χ0v) is 16.1. The lowest BCUT2D eigenvalue weighted by Crippen LogP contribution is -2.55. The third-order valence-electron chi connectivity index (χ3n) is 5.86. The number of piperidine rings is 1. The number of benzene rings is 1. The Labute approximate surface area is 165 Å². The lowest BCUT2D eigenvalue weighted by Gasteiger charge is -2.39. The van der Waals surface area contributed by atoms with Crippen LogP contribution < -0.4 is 0 Å². The van der Waals surface area contributed by atoms with Gasteiger partial charge in [-0.15, -0.1) is 0 Å². The Morgan fingerprint density at radius 2 is 1.39 bits per heavy atom. The maximum absolute atomic E-state index is 12.8. The van der Waals surface area contributed by atoms with Crippen LogP contribution in [0, 0.1) is 0 Å². The molecule has 7 nitrogen and oxygen atoms in total. The first-order valence-corrected chi connectivity index (χ1v) is 9.98. The summed E-state index contributed by atoms with van der Waals surface area (Å²) in [4.78, 5) is 44.9. The van der Waals surface area contributed by atoms with E-state index >= 15 is 0 Å². The van der Waals surface area contributed by atoms with Crippen LogP contribution in [0.3, 0.4) is 0 Å². The molecule has 0 bridgehead atoms. The predicted octanol–water partition coefficient (Wildman–Crippen LogP) is 1.86. The molecule has 148 valence electrons. The monoisotopic (exact) mass is 382 g/mol. The molecular weight excluding hydrogens is 356 g/mol. The molecule has 2 saturated heterocycles. The molecule has 0 aliphatic carbocycles. The molecule has 3 aliphatic heterocycles. The molecule has 2 fully saturated rings. The number of amides is 4. The Kier molecular flexibility index (Phi) is 5.07. The van der Waals surface area contributed by atoms with Crippen LogP contribution in [0.1, 0.15) is 35.2 Å². The SMILES string of the molecule is C=C1c2ccccc2C(=O)N1CC(=O)N1CCN(C(=O)N2CCCCC2)CC1. The number of carbonyl (C=O) groups excluding carboxylic acids is 3. The van der Waals surface area contributed by atoms with Crippen molar-refractivity contribution in [3.05, 3.63) is 42.0 Å². The van der Waals surface area contributed by atoms with Crippen LogP contribution in [0.15, 0.2) is 30.8 Å². The summed E-state index contributed by atoms with van der Waals surface area (Å²) < 4.78 is 0. The van der Waals surface area contributed by atoms with Gasteiger partial charge in [-0.3, -0.25) is 14.5 Å². The average Bonchev–Trinajstić information content (AvgIpc) is 2.99. The topological polar surface area (TPSA) is 64.2 Å². The second-order valence-electron chi connectivity index (χ2n) is 7.58. The van der Waals surface area contributed by atoms with Crippen LogP contribution in [0.25, 0.3) is 5.70 Å². The van der Waals surface area contributed by atoms with Crippen LogP contribution in [0.5, 0.6) is 0 Å². The molecule has 0 aromatic heterocycles. The normalized spacial score (nSPS) is 19.9. The molecule has 1 aromatic rings. The summed E-state index contributed by atoms with van der Waals surface area (Å²) in [5.74, 6) is -0.278. The highest BCUT2D eigenvalue weighted by Gasteiger charge is 2.34. The summed E-state index contributed by atoms with van der Waals surface area (Å²) in [7, 11) is 0. The number of hydrogen-bond donors (Lipinski definition) is 0. The van der Waals surface area contributed by atoms with Crippen molar-refractivity contribution in [2.24, 2.45) is 0 Å². The van der Waals surface area contributed by atoms with E-state index in [0.717, 1.165) is 31.5 Å². The minimum atomic E-state index is -0.173. The first-order valence-electron chi connectivity index (χ1n) is 9.98. The van der Waals surface area contributed by atoms with Crippen molar-refractivity contribution >= 4 is 23.5 Å². The molecule has 28 heavy (non-hydrogen) atoms. The quantitative estimate of drug-likeness (QED) is 0.784. The number of nitrogens with zero attached hydrogens (tertiary/aromatic N) is 4. The van der Waals surface area contributed by atoms with Crippen LogP contribution in [-0.2, 0) is 4.79 Å². The zero-order chi connectivity index (χ0) is 19.7. The number of likely N-dealkylation sites (tertiary alicyclic amines) is 1. The van der Waals surface area contributed by atoms with Crippen molar-refractivity contribution < 1.29 is 14.4 Å². The average molecular weight is 382 g/mol. The summed E-state index contributed by atoms with van der Waals surface area (Å²) >= 11 is 0. The Hall–Kier alpha value is -2.83. The highest BCUT2D eigenvalue weighted by molar-refractivity contribution is 6.10. The van der Waals surface area contributed by atoms with E-state index in [4.69, 9.17) is 0 Å². The molecule has 0 N–H and O–H groups in total.